The average Bonchev–Trinajstić information content (AvgIpc) is 2.40. The lowest BCUT2D eigenvalue weighted by Gasteiger charge is -2.14. The van der Waals surface area contributed by atoms with E-state index in [9.17, 15) is 0 Å². The maximum absolute atomic E-state index is 8.52. The van der Waals surface area contributed by atoms with Crippen LogP contribution in [0, 0.1) is 0 Å². The maximum atomic E-state index is 8.52. The van der Waals surface area contributed by atoms with E-state index in [0.29, 0.717) is 0 Å². The first-order chi connectivity index (χ1) is 8.05. The zero-order valence-corrected chi connectivity index (χ0v) is 11.6. The molecule has 0 amide bonds. The Kier molecular flexibility index (Phi) is 3.95. The van der Waals surface area contributed by atoms with Gasteiger partial charge in [0.05, 0.1) is 5.41 Å². The summed E-state index contributed by atoms with van der Waals surface area (Å²) >= 11 is 0. The predicted molar refractivity (Wildman–Crippen MR) is 67.6 cm³/mol. The van der Waals surface area contributed by atoms with E-state index in [0.717, 1.165) is 0 Å². The van der Waals surface area contributed by atoms with Gasteiger partial charge in [-0.2, -0.15) is 0 Å². The van der Waals surface area contributed by atoms with E-state index in [4.69, 9.17) is 17.5 Å². The molecule has 1 aliphatic heterocycles. The average molecular weight is 271 g/mol. The van der Waals surface area contributed by atoms with Crippen LogP contribution >= 0.6 is 0 Å². The molecule has 0 fully saturated rings. The van der Waals surface area contributed by atoms with Crippen LogP contribution in [0.25, 0.3) is 0 Å². The van der Waals surface area contributed by atoms with Crippen molar-refractivity contribution in [3.8, 4) is 0 Å². The lowest BCUT2D eigenvalue weighted by atomic mass is 9.82. The van der Waals surface area contributed by atoms with Crippen LogP contribution in [-0.2, 0) is 15.8 Å². The normalized spacial score (nSPS) is 17.0. The predicted octanol–water partition coefficient (Wildman–Crippen LogP) is 1.49. The maximum Gasteiger partial charge on any atom is 1.00 e. The molecule has 0 unspecified atom stereocenters. The van der Waals surface area contributed by atoms with E-state index in [2.05, 4.69) is 56.7 Å². The van der Waals surface area contributed by atoms with Gasteiger partial charge in [0.15, 0.2) is 5.71 Å². The highest BCUT2D eigenvalue weighted by Crippen LogP contribution is 2.38. The quantitative estimate of drug-likeness (QED) is 0.406. The van der Waals surface area contributed by atoms with Crippen molar-refractivity contribution in [3.63, 3.8) is 0 Å². The number of hydrogen-bond acceptors (Lipinski definition) is 4. The molecule has 0 N–H and O–H groups in total. The van der Waals surface area contributed by atoms with Crippen LogP contribution in [0.15, 0.2) is 24.3 Å². The van der Waals surface area contributed by atoms with Gasteiger partial charge in [-0.1, -0.05) is 18.2 Å². The largest absolute Gasteiger partial charge is 1.00 e. The van der Waals surface area contributed by atoms with Crippen molar-refractivity contribution < 1.29 is 23.5 Å². The van der Waals surface area contributed by atoms with E-state index in [1.807, 2.05) is 0 Å². The fourth-order valence-electron chi connectivity index (χ4n) is 2.09. The van der Waals surface area contributed by atoms with Crippen molar-refractivity contribution in [3.05, 3.63) is 29.8 Å². The third-order valence-electron chi connectivity index (χ3n) is 3.35. The molecule has 18 heavy (non-hydrogen) atoms. The Morgan fingerprint density at radius 1 is 1.22 bits per heavy atom. The molecule has 1 aliphatic rings. The standard InChI is InChI=1S/C12H16N.H2O4S/c1-9-12(2,3)10-7-5-6-8-11(10)13(9)4;1-5(2,3)4/h5-8H,1-4H3;(H2,1,2,3,4)/q+1;/p-1. The fraction of sp³-hybridized carbons (Fsp3) is 0.417. The molecule has 1 aromatic rings. The monoisotopic (exact) mass is 271 g/mol. The summed E-state index contributed by atoms with van der Waals surface area (Å²) in [5.41, 5.74) is 4.42. The molecule has 0 saturated heterocycles. The highest BCUT2D eigenvalue weighted by Gasteiger charge is 2.40. The summed E-state index contributed by atoms with van der Waals surface area (Å²) in [4.78, 5) is 0. The minimum atomic E-state index is -5.17. The Labute approximate surface area is 109 Å². The van der Waals surface area contributed by atoms with Crippen molar-refractivity contribution in [1.82, 2.24) is 0 Å². The van der Waals surface area contributed by atoms with Gasteiger partial charge in [0.2, 0.25) is 5.69 Å². The van der Waals surface area contributed by atoms with E-state index < -0.39 is 10.4 Å². The summed E-state index contributed by atoms with van der Waals surface area (Å²) in [6.07, 6.45) is 0. The summed E-state index contributed by atoms with van der Waals surface area (Å²) in [7, 11) is -3.02. The van der Waals surface area contributed by atoms with Crippen LogP contribution < -0.4 is 0 Å². The fourth-order valence-corrected chi connectivity index (χ4v) is 2.09. The Morgan fingerprint density at radius 3 is 2.11 bits per heavy atom. The molecule has 0 atom stereocenters. The number of fused-ring (bicyclic) bond motifs is 1. The molecule has 1 aromatic carbocycles. The summed E-state index contributed by atoms with van der Waals surface area (Å²) in [5, 5.41) is 0. The molecule has 0 spiro atoms. The second kappa shape index (κ2) is 4.79. The van der Waals surface area contributed by atoms with Crippen molar-refractivity contribution in [2.75, 3.05) is 7.05 Å². The summed E-state index contributed by atoms with van der Waals surface area (Å²) in [6, 6.07) is 8.63. The third kappa shape index (κ3) is 3.16. The number of nitrogens with zero attached hydrogens (tertiary/aromatic N) is 1. The van der Waals surface area contributed by atoms with Crippen molar-refractivity contribution >= 4 is 21.8 Å². The molecule has 2 rings (SSSR count). The molecule has 0 aromatic heterocycles. The Morgan fingerprint density at radius 2 is 1.67 bits per heavy atom. The Bertz CT molecular complexity index is 586. The highest BCUT2D eigenvalue weighted by atomic mass is 32.3. The lowest BCUT2D eigenvalue weighted by Crippen LogP contribution is -2.25. The first-order valence-corrected chi connectivity index (χ1v) is 6.72. The van der Waals surface area contributed by atoms with Gasteiger partial charge in [-0.25, -0.2) is 4.58 Å². The summed E-state index contributed by atoms with van der Waals surface area (Å²) < 4.78 is 36.4. The van der Waals surface area contributed by atoms with Crippen molar-refractivity contribution in [1.29, 1.82) is 0 Å². The minimum Gasteiger partial charge on any atom is -0.759 e. The van der Waals surface area contributed by atoms with Crippen LogP contribution in [0.3, 0.4) is 0 Å². The summed E-state index contributed by atoms with van der Waals surface area (Å²) in [5.74, 6) is 0. The number of para-hydroxylation sites is 1. The van der Waals surface area contributed by atoms with Crippen molar-refractivity contribution in [2.24, 2.45) is 0 Å². The van der Waals surface area contributed by atoms with Crippen LogP contribution in [0.4, 0.5) is 5.69 Å². The van der Waals surface area contributed by atoms with Gasteiger partial charge in [-0.15, -0.1) is 0 Å². The Hall–Kier alpha value is -1.24. The first kappa shape index (κ1) is 14.8. The second-order valence-corrected chi connectivity index (χ2v) is 5.51. The van der Waals surface area contributed by atoms with Gasteiger partial charge in [-0.05, 0) is 13.8 Å². The first-order valence-electron chi connectivity index (χ1n) is 5.39. The zero-order chi connectivity index (χ0) is 14.1. The molecule has 0 aliphatic carbocycles. The molecular weight excluding hydrogens is 254 g/mol. The number of benzene rings is 1. The highest BCUT2D eigenvalue weighted by molar-refractivity contribution is 7.79. The lowest BCUT2D eigenvalue weighted by molar-refractivity contribution is -0.403. The van der Waals surface area contributed by atoms with Crippen molar-refractivity contribution in [2.45, 2.75) is 26.2 Å². The van der Waals surface area contributed by atoms with Crippen LogP contribution in [0.1, 0.15) is 27.8 Å². The van der Waals surface area contributed by atoms with Gasteiger partial charge >= 0.3 is 1.43 Å². The summed E-state index contributed by atoms with van der Waals surface area (Å²) in [6.45, 7) is 6.77. The topological polar surface area (TPSA) is 83.3 Å². The van der Waals surface area contributed by atoms with Crippen LogP contribution in [0.2, 0.25) is 0 Å². The second-order valence-electron chi connectivity index (χ2n) is 4.69. The Balaban J connectivity index is 0.000000471. The number of hydrogen-bond donors (Lipinski definition) is 0. The van der Waals surface area contributed by atoms with Gasteiger partial charge in [-0.3, -0.25) is 8.42 Å². The van der Waals surface area contributed by atoms with E-state index in [1.54, 1.807) is 0 Å². The van der Waals surface area contributed by atoms with Crippen LogP contribution in [0.5, 0.6) is 0 Å². The van der Waals surface area contributed by atoms with Gasteiger partial charge in [0, 0.05) is 29.0 Å². The third-order valence-corrected chi connectivity index (χ3v) is 3.35. The molecule has 0 saturated carbocycles. The molecule has 1 heterocycles. The van der Waals surface area contributed by atoms with Crippen LogP contribution in [-0.4, -0.2) is 34.9 Å². The molecule has 0 bridgehead atoms. The SMILES string of the molecule is CC1=[N+](C)c2ccccc2C1(C)C.O=S(=O)([O-])[O-].[H+]. The molecule has 6 heteroatoms. The van der Waals surface area contributed by atoms with E-state index in [1.165, 1.54) is 17.0 Å². The van der Waals surface area contributed by atoms with Gasteiger partial charge in [0.25, 0.3) is 0 Å². The molecule has 100 valence electrons. The molecule has 0 radical (unpaired) electrons. The van der Waals surface area contributed by atoms with E-state index >= 15 is 0 Å². The molecule has 5 nitrogen and oxygen atoms in total. The molecular formula is C12H17NO4S. The number of rotatable bonds is 0. The van der Waals surface area contributed by atoms with Gasteiger partial charge in [0.1, 0.15) is 7.05 Å². The minimum absolute atomic E-state index is 0. The zero-order valence-electron chi connectivity index (χ0n) is 11.8. The smallest absolute Gasteiger partial charge is 0.759 e. The van der Waals surface area contributed by atoms with Gasteiger partial charge < -0.3 is 9.11 Å². The van der Waals surface area contributed by atoms with E-state index in [-0.39, 0.29) is 6.84 Å².